The van der Waals surface area contributed by atoms with Crippen molar-refractivity contribution in [3.63, 3.8) is 0 Å². The summed E-state index contributed by atoms with van der Waals surface area (Å²) in [5.74, 6) is -4.53. The van der Waals surface area contributed by atoms with Crippen molar-refractivity contribution >= 4 is 0 Å². The first-order chi connectivity index (χ1) is 7.22. The smallest absolute Gasteiger partial charge is 0.357 e. The number of quaternary nitrogens is 1. The molecule has 0 aromatic rings. The highest BCUT2D eigenvalue weighted by Crippen LogP contribution is 2.41. The highest BCUT2D eigenvalue weighted by Gasteiger charge is 2.44. The second-order valence-corrected chi connectivity index (χ2v) is 3.44. The third kappa shape index (κ3) is 2.32. The summed E-state index contributed by atoms with van der Waals surface area (Å²) >= 11 is 0. The summed E-state index contributed by atoms with van der Waals surface area (Å²) in [6.07, 6.45) is -2.89. The molecule has 3 N–H and O–H groups in total. The van der Waals surface area contributed by atoms with Gasteiger partial charge in [0.2, 0.25) is 0 Å². The minimum Gasteiger partial charge on any atom is -0.357 e. The molecular weight excluding hydrogens is 229 g/mol. The van der Waals surface area contributed by atoms with Gasteiger partial charge < -0.3 is 5.73 Å². The first-order valence-corrected chi connectivity index (χ1v) is 4.54. The summed E-state index contributed by atoms with van der Waals surface area (Å²) < 4.78 is 63.6. The third-order valence-corrected chi connectivity index (χ3v) is 2.37. The summed E-state index contributed by atoms with van der Waals surface area (Å²) in [4.78, 5) is 0. The van der Waals surface area contributed by atoms with Gasteiger partial charge in [-0.15, -0.1) is 0 Å². The Morgan fingerprint density at radius 1 is 1.31 bits per heavy atom. The molecule has 0 aromatic heterocycles. The van der Waals surface area contributed by atoms with Crippen molar-refractivity contribution in [2.75, 3.05) is 6.54 Å². The van der Waals surface area contributed by atoms with Crippen LogP contribution in [0.5, 0.6) is 0 Å². The Kier molecular flexibility index (Phi) is 3.23. The van der Waals surface area contributed by atoms with Crippen LogP contribution in [0.4, 0.5) is 22.0 Å². The highest BCUT2D eigenvalue weighted by atomic mass is 19.4. The number of alkyl halides is 5. The van der Waals surface area contributed by atoms with Crippen LogP contribution in [0.25, 0.3) is 0 Å². The van der Waals surface area contributed by atoms with Gasteiger partial charge in [0.05, 0.1) is 12.5 Å². The van der Waals surface area contributed by atoms with Crippen molar-refractivity contribution in [1.82, 2.24) is 0 Å². The zero-order chi connectivity index (χ0) is 12.6. The summed E-state index contributed by atoms with van der Waals surface area (Å²) in [7, 11) is 0. The lowest BCUT2D eigenvalue weighted by molar-refractivity contribution is -0.374. The van der Waals surface area contributed by atoms with Crippen LogP contribution in [0.3, 0.4) is 0 Å². The average Bonchev–Trinajstić information content (AvgIpc) is 2.61. The Labute approximate surface area is 89.1 Å². The Hall–Kier alpha value is -1.17. The van der Waals surface area contributed by atoms with E-state index in [-0.39, 0.29) is 6.54 Å². The van der Waals surface area contributed by atoms with Gasteiger partial charge in [0, 0.05) is 11.1 Å². The number of hydrogen-bond acceptors (Lipinski definition) is 0. The number of halogens is 5. The molecule has 0 radical (unpaired) electrons. The van der Waals surface area contributed by atoms with Crippen LogP contribution in [0.1, 0.15) is 0 Å². The van der Waals surface area contributed by atoms with Crippen molar-refractivity contribution in [3.05, 3.63) is 36.0 Å². The summed E-state index contributed by atoms with van der Waals surface area (Å²) in [6, 6.07) is 0. The molecule has 1 aliphatic rings. The van der Waals surface area contributed by atoms with Gasteiger partial charge in [-0.05, 0) is 12.2 Å². The Balaban J connectivity index is 3.10. The molecule has 1 unspecified atom stereocenters. The van der Waals surface area contributed by atoms with E-state index in [0.717, 1.165) is 6.08 Å². The molecule has 0 fully saturated rings. The Morgan fingerprint density at radius 2 is 1.88 bits per heavy atom. The van der Waals surface area contributed by atoms with E-state index in [1.807, 2.05) is 0 Å². The summed E-state index contributed by atoms with van der Waals surface area (Å²) in [5, 5.41) is 0. The maximum absolute atomic E-state index is 13.1. The zero-order valence-corrected chi connectivity index (χ0v) is 8.32. The number of rotatable bonds is 3. The molecule has 0 saturated carbocycles. The number of allylic oxidation sites excluding steroid dienone is 3. The second kappa shape index (κ2) is 4.01. The van der Waals surface area contributed by atoms with E-state index in [1.165, 1.54) is 0 Å². The standard InChI is InChI=1S/C10H10F5N/c1-2-9(11,12)7-3-6(5-16)8(4-7)10(13,14)15/h2-4,6H,1,5,16H2/p+1. The second-order valence-electron chi connectivity index (χ2n) is 3.44. The Bertz CT molecular complexity index is 351. The van der Waals surface area contributed by atoms with E-state index in [0.29, 0.717) is 12.2 Å². The fraction of sp³-hybridized carbons (Fsp3) is 0.400. The van der Waals surface area contributed by atoms with E-state index < -0.39 is 29.2 Å². The molecule has 1 rings (SSSR count). The van der Waals surface area contributed by atoms with Gasteiger partial charge in [-0.3, -0.25) is 0 Å². The van der Waals surface area contributed by atoms with Crippen molar-refractivity contribution in [2.45, 2.75) is 12.1 Å². The molecule has 0 aliphatic heterocycles. The third-order valence-electron chi connectivity index (χ3n) is 2.37. The summed E-state index contributed by atoms with van der Waals surface area (Å²) in [6.45, 7) is 2.79. The maximum Gasteiger partial charge on any atom is 0.413 e. The Morgan fingerprint density at radius 3 is 2.19 bits per heavy atom. The van der Waals surface area contributed by atoms with Gasteiger partial charge in [-0.2, -0.15) is 22.0 Å². The molecule has 1 atom stereocenters. The summed E-state index contributed by atoms with van der Waals surface area (Å²) in [5.41, 5.74) is 1.68. The molecule has 0 saturated heterocycles. The minimum atomic E-state index is -4.60. The lowest BCUT2D eigenvalue weighted by atomic mass is 10.0. The van der Waals surface area contributed by atoms with E-state index in [4.69, 9.17) is 0 Å². The van der Waals surface area contributed by atoms with Crippen LogP contribution < -0.4 is 5.73 Å². The normalized spacial score (nSPS) is 21.8. The van der Waals surface area contributed by atoms with Crippen molar-refractivity contribution < 1.29 is 27.7 Å². The van der Waals surface area contributed by atoms with Gasteiger partial charge in [0.1, 0.15) is 0 Å². The average molecular weight is 240 g/mol. The SMILES string of the molecule is C=CC(F)(F)C1=CC(C[NH3+])C(C(F)(F)F)=C1. The van der Waals surface area contributed by atoms with Gasteiger partial charge >= 0.3 is 6.18 Å². The fourth-order valence-corrected chi connectivity index (χ4v) is 1.49. The fourth-order valence-electron chi connectivity index (χ4n) is 1.49. The predicted octanol–water partition coefficient (Wildman–Crippen LogP) is 2.09. The first kappa shape index (κ1) is 12.9. The molecule has 0 bridgehead atoms. The highest BCUT2D eigenvalue weighted by molar-refractivity contribution is 5.43. The molecule has 0 aromatic carbocycles. The van der Waals surface area contributed by atoms with Crippen LogP contribution in [0, 0.1) is 5.92 Å². The molecule has 16 heavy (non-hydrogen) atoms. The van der Waals surface area contributed by atoms with Crippen molar-refractivity contribution in [2.24, 2.45) is 5.92 Å². The topological polar surface area (TPSA) is 27.6 Å². The van der Waals surface area contributed by atoms with Gasteiger partial charge in [0.25, 0.3) is 5.92 Å². The minimum absolute atomic E-state index is 0.109. The lowest BCUT2D eigenvalue weighted by Crippen LogP contribution is -2.54. The molecular formula is C10H11F5N+. The largest absolute Gasteiger partial charge is 0.413 e. The van der Waals surface area contributed by atoms with Crippen LogP contribution in [-0.4, -0.2) is 18.6 Å². The molecule has 6 heteroatoms. The quantitative estimate of drug-likeness (QED) is 0.578. The molecule has 1 nitrogen and oxygen atoms in total. The van der Waals surface area contributed by atoms with Crippen LogP contribution in [0.15, 0.2) is 36.0 Å². The first-order valence-electron chi connectivity index (χ1n) is 4.54. The van der Waals surface area contributed by atoms with E-state index >= 15 is 0 Å². The van der Waals surface area contributed by atoms with Gasteiger partial charge in [-0.1, -0.05) is 12.7 Å². The molecule has 0 spiro atoms. The van der Waals surface area contributed by atoms with Crippen LogP contribution in [0.2, 0.25) is 0 Å². The molecule has 1 aliphatic carbocycles. The van der Waals surface area contributed by atoms with Crippen LogP contribution >= 0.6 is 0 Å². The molecule has 0 heterocycles. The lowest BCUT2D eigenvalue weighted by Gasteiger charge is -2.12. The van der Waals surface area contributed by atoms with E-state index in [1.54, 1.807) is 0 Å². The number of hydrogen-bond donors (Lipinski definition) is 1. The van der Waals surface area contributed by atoms with E-state index in [2.05, 4.69) is 12.3 Å². The predicted molar refractivity (Wildman–Crippen MR) is 48.6 cm³/mol. The van der Waals surface area contributed by atoms with Gasteiger partial charge in [0.15, 0.2) is 0 Å². The van der Waals surface area contributed by atoms with Crippen molar-refractivity contribution in [1.29, 1.82) is 0 Å². The maximum atomic E-state index is 13.1. The van der Waals surface area contributed by atoms with Crippen molar-refractivity contribution in [3.8, 4) is 0 Å². The monoisotopic (exact) mass is 240 g/mol. The van der Waals surface area contributed by atoms with Crippen LogP contribution in [-0.2, 0) is 0 Å². The van der Waals surface area contributed by atoms with E-state index in [9.17, 15) is 22.0 Å². The molecule has 0 amide bonds. The van der Waals surface area contributed by atoms with Gasteiger partial charge in [-0.25, -0.2) is 0 Å². The molecule has 90 valence electrons. The zero-order valence-electron chi connectivity index (χ0n) is 8.32.